The van der Waals surface area contributed by atoms with Gasteiger partial charge in [0.25, 0.3) is 0 Å². The number of carbonyl (C=O) groups is 2. The van der Waals surface area contributed by atoms with Crippen molar-refractivity contribution < 1.29 is 24.9 Å². The Morgan fingerprint density at radius 2 is 1.00 bits per heavy atom. The molecule has 0 spiro atoms. The summed E-state index contributed by atoms with van der Waals surface area (Å²) in [5, 5.41) is 32.3. The van der Waals surface area contributed by atoms with Crippen molar-refractivity contribution in [2.24, 2.45) is 5.73 Å². The summed E-state index contributed by atoms with van der Waals surface area (Å²) in [6, 6.07) is 22.7. The van der Waals surface area contributed by atoms with Gasteiger partial charge in [-0.2, -0.15) is 0 Å². The van der Waals surface area contributed by atoms with Gasteiger partial charge in [-0.1, -0.05) is 61.3 Å². The van der Waals surface area contributed by atoms with Crippen LogP contribution in [-0.2, 0) is 22.4 Å². The van der Waals surface area contributed by atoms with Crippen LogP contribution in [0.4, 0.5) is 0 Å². The van der Waals surface area contributed by atoms with Crippen molar-refractivity contribution in [2.75, 3.05) is 41.3 Å². The minimum atomic E-state index is -0.776. The number of nitrogens with zero attached hydrogens (tertiary/aromatic N) is 2. The Hall–Kier alpha value is -4.12. The molecule has 0 fully saturated rings. The highest BCUT2D eigenvalue weighted by Gasteiger charge is 2.19. The van der Waals surface area contributed by atoms with Crippen molar-refractivity contribution >= 4 is 35.1 Å². The second-order valence-corrected chi connectivity index (χ2v) is 16.4. The Bertz CT molecular complexity index is 1820. The Morgan fingerprint density at radius 3 is 1.33 bits per heavy atom. The highest BCUT2D eigenvalue weighted by atomic mass is 35.5. The van der Waals surface area contributed by atoms with Gasteiger partial charge in [0.15, 0.2) is 0 Å². The summed E-state index contributed by atoms with van der Waals surface area (Å²) in [7, 11) is 8.14. The largest absolute Gasteiger partial charge is 0.508 e. The van der Waals surface area contributed by atoms with E-state index in [9.17, 15) is 19.8 Å². The molecule has 0 heterocycles. The standard InChI is InChI=1S/C23H31ClN2O2.C13H22N2O.C10H11ClO2/c1-15(18-6-8-19(24)9-7-18)12-23(28)25-14-20(26(4)5)13-22-16(2)10-21(27)11-17(22)3;1-9-5-12(16)6-10(2)13(9)7-11(8-14)15(3)4;1-7(6-10(12)13)8-2-4-9(11)5-3-8/h6-11,15,20,27H,12-14H2,1-5H3,(H,25,28);5-6,11,16H,7-8,14H2,1-4H3;2-5,7H,6H2,1H3,(H,12,13)/t15-,20-;11-;7-/m000/s1. The third kappa shape index (κ3) is 17.1. The molecule has 11 heteroatoms. The van der Waals surface area contributed by atoms with Gasteiger partial charge in [-0.15, -0.1) is 0 Å². The second kappa shape index (κ2) is 24.0. The van der Waals surface area contributed by atoms with E-state index in [1.807, 2.05) is 111 Å². The zero-order valence-corrected chi connectivity index (χ0v) is 36.9. The summed E-state index contributed by atoms with van der Waals surface area (Å²) >= 11 is 11.6. The molecule has 4 rings (SSSR count). The topological polar surface area (TPSA) is 139 Å². The number of amides is 1. The summed E-state index contributed by atoms with van der Waals surface area (Å²) in [5.41, 5.74) is 14.8. The van der Waals surface area contributed by atoms with Crippen molar-refractivity contribution in [1.29, 1.82) is 0 Å². The molecule has 0 aliphatic heterocycles. The van der Waals surface area contributed by atoms with Gasteiger partial charge in [0.05, 0.1) is 6.42 Å². The van der Waals surface area contributed by atoms with Crippen molar-refractivity contribution in [3.63, 3.8) is 0 Å². The SMILES string of the molecule is C[C@@H](CC(=O)O)c1ccc(Cl)cc1.Cc1cc(O)cc(C)c1C[C@@H](CN)N(C)C.Cc1cc(O)cc(C)c1C[C@@H](CNC(=O)C[C@H](C)c1ccc(Cl)cc1)N(C)C. The fourth-order valence-corrected chi connectivity index (χ4v) is 6.88. The molecule has 4 atom stereocenters. The first-order chi connectivity index (χ1) is 26.7. The highest BCUT2D eigenvalue weighted by Crippen LogP contribution is 2.25. The first kappa shape index (κ1) is 49.0. The Kier molecular flexibility index (Phi) is 20.6. The van der Waals surface area contributed by atoms with E-state index >= 15 is 0 Å². The number of benzene rings is 4. The summed E-state index contributed by atoms with van der Waals surface area (Å²) in [4.78, 5) is 27.2. The van der Waals surface area contributed by atoms with Crippen LogP contribution in [0, 0.1) is 27.7 Å². The number of aromatic hydroxyl groups is 2. The van der Waals surface area contributed by atoms with Crippen LogP contribution in [0.15, 0.2) is 72.8 Å². The molecule has 0 radical (unpaired) electrons. The van der Waals surface area contributed by atoms with Crippen LogP contribution >= 0.6 is 23.2 Å². The number of aryl methyl sites for hydroxylation is 4. The molecule has 9 nitrogen and oxygen atoms in total. The molecule has 4 aromatic rings. The van der Waals surface area contributed by atoms with Gasteiger partial charge in [0.2, 0.25) is 5.91 Å². The van der Waals surface area contributed by atoms with Gasteiger partial charge >= 0.3 is 5.97 Å². The number of halogens is 2. The maximum Gasteiger partial charge on any atom is 0.303 e. The van der Waals surface area contributed by atoms with E-state index < -0.39 is 5.97 Å². The Labute approximate surface area is 350 Å². The molecule has 0 saturated heterocycles. The molecule has 0 aliphatic rings. The average Bonchev–Trinajstić information content (AvgIpc) is 3.11. The number of carboxylic acid groups (broad SMARTS) is 1. The normalized spacial score (nSPS) is 13.1. The molecule has 0 aliphatic carbocycles. The van der Waals surface area contributed by atoms with E-state index in [0.29, 0.717) is 47.1 Å². The molecule has 0 aromatic heterocycles. The number of likely N-dealkylation sites (N-methyl/N-ethyl adjacent to an activating group) is 2. The molecule has 0 saturated carbocycles. The summed E-state index contributed by atoms with van der Waals surface area (Å²) in [6.45, 7) is 13.3. The zero-order valence-electron chi connectivity index (χ0n) is 35.4. The van der Waals surface area contributed by atoms with E-state index in [1.165, 1.54) is 11.1 Å². The van der Waals surface area contributed by atoms with Crippen molar-refractivity contribution in [3.05, 3.63) is 127 Å². The number of hydrogen-bond donors (Lipinski definition) is 5. The number of aliphatic carboxylic acids is 1. The molecule has 6 N–H and O–H groups in total. The van der Waals surface area contributed by atoms with Gasteiger partial charge < -0.3 is 36.2 Å². The number of nitrogens with one attached hydrogen (secondary N) is 1. The van der Waals surface area contributed by atoms with Crippen LogP contribution < -0.4 is 11.1 Å². The van der Waals surface area contributed by atoms with Crippen LogP contribution in [-0.4, -0.2) is 90.4 Å². The third-order valence-electron chi connectivity index (χ3n) is 10.4. The third-order valence-corrected chi connectivity index (χ3v) is 10.9. The number of carbonyl (C=O) groups excluding carboxylic acids is 1. The molecular weight excluding hydrogens is 759 g/mol. The van der Waals surface area contributed by atoms with Gasteiger partial charge in [0, 0.05) is 41.6 Å². The predicted molar refractivity (Wildman–Crippen MR) is 236 cm³/mol. The van der Waals surface area contributed by atoms with E-state index in [2.05, 4.69) is 22.0 Å². The van der Waals surface area contributed by atoms with Crippen molar-refractivity contribution in [3.8, 4) is 11.5 Å². The lowest BCUT2D eigenvalue weighted by atomic mass is 9.95. The van der Waals surface area contributed by atoms with Gasteiger partial charge in [-0.25, -0.2) is 0 Å². The van der Waals surface area contributed by atoms with E-state index in [-0.39, 0.29) is 30.2 Å². The van der Waals surface area contributed by atoms with E-state index in [1.54, 1.807) is 24.3 Å². The summed E-state index contributed by atoms with van der Waals surface area (Å²) < 4.78 is 0. The number of nitrogens with two attached hydrogens (primary N) is 1. The Morgan fingerprint density at radius 1 is 0.649 bits per heavy atom. The van der Waals surface area contributed by atoms with E-state index in [4.69, 9.17) is 34.0 Å². The summed E-state index contributed by atoms with van der Waals surface area (Å²) in [6.07, 6.45) is 2.35. The van der Waals surface area contributed by atoms with Gasteiger partial charge in [-0.05, 0) is 174 Å². The molecule has 1 amide bonds. The number of carboxylic acids is 1. The summed E-state index contributed by atoms with van der Waals surface area (Å²) in [5.74, 6) is 0.0832. The van der Waals surface area contributed by atoms with E-state index in [0.717, 1.165) is 46.2 Å². The number of hydrogen-bond acceptors (Lipinski definition) is 7. The number of rotatable bonds is 15. The predicted octanol–water partition coefficient (Wildman–Crippen LogP) is 8.80. The van der Waals surface area contributed by atoms with Crippen LogP contribution in [0.2, 0.25) is 10.0 Å². The minimum absolute atomic E-state index is 0.0368. The quantitative estimate of drug-likeness (QED) is 0.0802. The van der Waals surface area contributed by atoms with Crippen LogP contribution in [0.5, 0.6) is 11.5 Å². The average molecular weight is 824 g/mol. The van der Waals surface area contributed by atoms with Crippen molar-refractivity contribution in [2.45, 2.75) is 91.1 Å². The lowest BCUT2D eigenvalue weighted by Gasteiger charge is -2.26. The number of phenolic OH excluding ortho intramolecular Hbond substituents is 2. The monoisotopic (exact) mass is 822 g/mol. The first-order valence-corrected chi connectivity index (χ1v) is 20.1. The lowest BCUT2D eigenvalue weighted by molar-refractivity contribution is -0.137. The molecule has 57 heavy (non-hydrogen) atoms. The lowest BCUT2D eigenvalue weighted by Crippen LogP contribution is -2.42. The maximum atomic E-state index is 12.5. The minimum Gasteiger partial charge on any atom is -0.508 e. The maximum absolute atomic E-state index is 12.5. The molecule has 4 aromatic carbocycles. The van der Waals surface area contributed by atoms with Crippen LogP contribution in [0.25, 0.3) is 0 Å². The molecule has 312 valence electrons. The molecule has 0 unspecified atom stereocenters. The van der Waals surface area contributed by atoms with Crippen molar-refractivity contribution in [1.82, 2.24) is 15.1 Å². The molecular formula is C46H64Cl2N4O5. The highest BCUT2D eigenvalue weighted by molar-refractivity contribution is 6.30. The van der Waals surface area contributed by atoms with Gasteiger partial charge in [-0.3, -0.25) is 9.59 Å². The fourth-order valence-electron chi connectivity index (χ4n) is 6.63. The van der Waals surface area contributed by atoms with Crippen LogP contribution in [0.1, 0.15) is 83.0 Å². The molecule has 0 bridgehead atoms. The van der Waals surface area contributed by atoms with Gasteiger partial charge in [0.1, 0.15) is 11.5 Å². The smallest absolute Gasteiger partial charge is 0.303 e. The Balaban J connectivity index is 0.000000326. The number of phenols is 2. The second-order valence-electron chi connectivity index (χ2n) is 15.5. The first-order valence-electron chi connectivity index (χ1n) is 19.3. The van der Waals surface area contributed by atoms with Crippen LogP contribution in [0.3, 0.4) is 0 Å². The zero-order chi connectivity index (χ0) is 43.0. The fraction of sp³-hybridized carbons (Fsp3) is 0.435.